The first-order valence-corrected chi connectivity index (χ1v) is 9.35. The first-order chi connectivity index (χ1) is 13.6. The van der Waals surface area contributed by atoms with Gasteiger partial charge in [0.05, 0.1) is 16.4 Å². The molecule has 0 aliphatic heterocycles. The van der Waals surface area contributed by atoms with Crippen LogP contribution in [0.2, 0.25) is 5.02 Å². The maximum Gasteiger partial charge on any atom is 0.123 e. The SMILES string of the molecule is CCc1ccccc1-n1nc(-c2ccc(F)cc2)c(Cl)c1-c1ccc(F)cc1. The molecule has 0 N–H and O–H groups in total. The summed E-state index contributed by atoms with van der Waals surface area (Å²) in [5.74, 6) is -0.645. The zero-order valence-electron chi connectivity index (χ0n) is 15.2. The van der Waals surface area contributed by atoms with E-state index in [1.165, 1.54) is 24.3 Å². The minimum atomic E-state index is -0.325. The van der Waals surface area contributed by atoms with Crippen LogP contribution in [0.25, 0.3) is 28.2 Å². The van der Waals surface area contributed by atoms with Gasteiger partial charge < -0.3 is 0 Å². The third kappa shape index (κ3) is 3.32. The van der Waals surface area contributed by atoms with Crippen molar-refractivity contribution < 1.29 is 8.78 Å². The monoisotopic (exact) mass is 394 g/mol. The number of halogens is 3. The first kappa shape index (κ1) is 18.4. The van der Waals surface area contributed by atoms with Crippen molar-refractivity contribution in [2.24, 2.45) is 0 Å². The highest BCUT2D eigenvalue weighted by molar-refractivity contribution is 6.35. The van der Waals surface area contributed by atoms with E-state index in [9.17, 15) is 8.78 Å². The number of nitrogens with zero attached hydrogens (tertiary/aromatic N) is 2. The van der Waals surface area contributed by atoms with Gasteiger partial charge in [0.1, 0.15) is 17.3 Å². The largest absolute Gasteiger partial charge is 0.231 e. The normalized spacial score (nSPS) is 11.0. The molecule has 5 heteroatoms. The van der Waals surface area contributed by atoms with Crippen LogP contribution in [0, 0.1) is 11.6 Å². The lowest BCUT2D eigenvalue weighted by Crippen LogP contribution is -2.03. The molecule has 3 aromatic carbocycles. The van der Waals surface area contributed by atoms with Crippen molar-refractivity contribution in [3.8, 4) is 28.2 Å². The predicted octanol–water partition coefficient (Wildman–Crippen LogP) is 6.70. The molecule has 0 spiro atoms. The molecule has 4 aromatic rings. The Morgan fingerprint density at radius 2 is 1.39 bits per heavy atom. The maximum absolute atomic E-state index is 13.5. The van der Waals surface area contributed by atoms with E-state index in [2.05, 4.69) is 6.92 Å². The zero-order valence-corrected chi connectivity index (χ0v) is 15.9. The van der Waals surface area contributed by atoms with E-state index in [4.69, 9.17) is 16.7 Å². The third-order valence-corrected chi connectivity index (χ3v) is 5.02. The highest BCUT2D eigenvalue weighted by Gasteiger charge is 2.21. The smallest absolute Gasteiger partial charge is 0.123 e. The van der Waals surface area contributed by atoms with Crippen molar-refractivity contribution >= 4 is 11.6 Å². The number of hydrogen-bond donors (Lipinski definition) is 0. The number of rotatable bonds is 4. The Kier molecular flexibility index (Phi) is 4.97. The van der Waals surface area contributed by atoms with E-state index in [0.717, 1.165) is 23.2 Å². The van der Waals surface area contributed by atoms with Gasteiger partial charge in [-0.05, 0) is 66.6 Å². The molecule has 1 heterocycles. The molecule has 0 saturated carbocycles. The molecule has 0 aliphatic rings. The van der Waals surface area contributed by atoms with Crippen molar-refractivity contribution in [3.63, 3.8) is 0 Å². The summed E-state index contributed by atoms with van der Waals surface area (Å²) in [5, 5.41) is 5.19. The molecule has 0 atom stereocenters. The van der Waals surface area contributed by atoms with Crippen LogP contribution in [0.1, 0.15) is 12.5 Å². The molecule has 4 rings (SSSR count). The molecule has 140 valence electrons. The van der Waals surface area contributed by atoms with Gasteiger partial charge in [0.15, 0.2) is 0 Å². The fourth-order valence-electron chi connectivity index (χ4n) is 3.24. The van der Waals surface area contributed by atoms with Gasteiger partial charge in [-0.2, -0.15) is 5.10 Å². The Balaban J connectivity index is 1.99. The summed E-state index contributed by atoms with van der Waals surface area (Å²) in [7, 11) is 0. The van der Waals surface area contributed by atoms with Gasteiger partial charge in [0, 0.05) is 11.1 Å². The molecular formula is C23H17ClF2N2. The summed E-state index contributed by atoms with van der Waals surface area (Å²) in [6.07, 6.45) is 0.822. The second-order valence-electron chi connectivity index (χ2n) is 6.42. The molecule has 0 saturated heterocycles. The van der Waals surface area contributed by atoms with E-state index in [-0.39, 0.29) is 11.6 Å². The summed E-state index contributed by atoms with van der Waals surface area (Å²) >= 11 is 6.75. The summed E-state index contributed by atoms with van der Waals surface area (Å²) in [4.78, 5) is 0. The number of benzene rings is 3. The van der Waals surface area contributed by atoms with Crippen LogP contribution >= 0.6 is 11.6 Å². The Bertz CT molecular complexity index is 1120. The zero-order chi connectivity index (χ0) is 19.7. The molecule has 0 fully saturated rings. The molecule has 0 radical (unpaired) electrons. The molecule has 0 bridgehead atoms. The van der Waals surface area contributed by atoms with Crippen molar-refractivity contribution in [3.05, 3.63) is 95.0 Å². The van der Waals surface area contributed by atoms with Crippen LogP contribution in [0.4, 0.5) is 8.78 Å². The topological polar surface area (TPSA) is 17.8 Å². The van der Waals surface area contributed by atoms with Gasteiger partial charge in [0.2, 0.25) is 0 Å². The van der Waals surface area contributed by atoms with Crippen LogP contribution < -0.4 is 0 Å². The van der Waals surface area contributed by atoms with Crippen LogP contribution in [0.15, 0.2) is 72.8 Å². The second kappa shape index (κ2) is 7.56. The Labute approximate surface area is 167 Å². The highest BCUT2D eigenvalue weighted by atomic mass is 35.5. The summed E-state index contributed by atoms with van der Waals surface area (Å²) < 4.78 is 28.6. The third-order valence-electron chi connectivity index (χ3n) is 4.66. The molecule has 2 nitrogen and oxygen atoms in total. The molecule has 28 heavy (non-hydrogen) atoms. The standard InChI is InChI=1S/C23H17ClF2N2/c1-2-15-5-3-4-6-20(15)28-23(17-9-13-19(26)14-10-17)21(24)22(27-28)16-7-11-18(25)12-8-16/h3-14H,2H2,1H3. The lowest BCUT2D eigenvalue weighted by Gasteiger charge is -2.12. The van der Waals surface area contributed by atoms with E-state index >= 15 is 0 Å². The summed E-state index contributed by atoms with van der Waals surface area (Å²) in [6, 6.07) is 20.1. The van der Waals surface area contributed by atoms with Gasteiger partial charge in [-0.1, -0.05) is 36.7 Å². The van der Waals surface area contributed by atoms with Gasteiger partial charge >= 0.3 is 0 Å². The number of para-hydroxylation sites is 1. The van der Waals surface area contributed by atoms with Crippen LogP contribution in [0.5, 0.6) is 0 Å². The minimum absolute atomic E-state index is 0.321. The van der Waals surface area contributed by atoms with Crippen LogP contribution in [-0.4, -0.2) is 9.78 Å². The first-order valence-electron chi connectivity index (χ1n) is 8.97. The number of aryl methyl sites for hydroxylation is 1. The van der Waals surface area contributed by atoms with E-state index < -0.39 is 0 Å². The van der Waals surface area contributed by atoms with Crippen molar-refractivity contribution in [1.29, 1.82) is 0 Å². The van der Waals surface area contributed by atoms with E-state index in [0.29, 0.717) is 22.0 Å². The number of aromatic nitrogens is 2. The molecule has 0 aliphatic carbocycles. The quantitative estimate of drug-likeness (QED) is 0.376. The van der Waals surface area contributed by atoms with E-state index in [1.807, 2.05) is 24.3 Å². The van der Waals surface area contributed by atoms with Crippen molar-refractivity contribution in [2.75, 3.05) is 0 Å². The lowest BCUT2D eigenvalue weighted by molar-refractivity contribution is 0.627. The lowest BCUT2D eigenvalue weighted by atomic mass is 10.1. The second-order valence-corrected chi connectivity index (χ2v) is 6.80. The Morgan fingerprint density at radius 1 is 0.821 bits per heavy atom. The minimum Gasteiger partial charge on any atom is -0.231 e. The van der Waals surface area contributed by atoms with Gasteiger partial charge in [-0.25, -0.2) is 13.5 Å². The summed E-state index contributed by atoms with van der Waals surface area (Å²) in [6.45, 7) is 2.07. The summed E-state index contributed by atoms with van der Waals surface area (Å²) in [5.41, 5.74) is 4.68. The predicted molar refractivity (Wildman–Crippen MR) is 109 cm³/mol. The van der Waals surface area contributed by atoms with E-state index in [1.54, 1.807) is 28.9 Å². The Hall–Kier alpha value is -2.98. The molecule has 0 unspecified atom stereocenters. The van der Waals surface area contributed by atoms with Crippen LogP contribution in [0.3, 0.4) is 0 Å². The average Bonchev–Trinajstić information content (AvgIpc) is 3.06. The van der Waals surface area contributed by atoms with Crippen molar-refractivity contribution in [2.45, 2.75) is 13.3 Å². The molecular weight excluding hydrogens is 378 g/mol. The fraction of sp³-hybridized carbons (Fsp3) is 0.0870. The van der Waals surface area contributed by atoms with Gasteiger partial charge in [0.25, 0.3) is 0 Å². The molecule has 1 aromatic heterocycles. The average molecular weight is 395 g/mol. The molecule has 0 amide bonds. The fourth-order valence-corrected chi connectivity index (χ4v) is 3.57. The maximum atomic E-state index is 13.5. The van der Waals surface area contributed by atoms with Gasteiger partial charge in [-0.3, -0.25) is 0 Å². The van der Waals surface area contributed by atoms with Crippen molar-refractivity contribution in [1.82, 2.24) is 9.78 Å². The van der Waals surface area contributed by atoms with Gasteiger partial charge in [-0.15, -0.1) is 0 Å². The Morgan fingerprint density at radius 3 is 2.00 bits per heavy atom. The number of hydrogen-bond acceptors (Lipinski definition) is 1. The highest BCUT2D eigenvalue weighted by Crippen LogP contribution is 2.38. The van der Waals surface area contributed by atoms with Crippen LogP contribution in [-0.2, 0) is 6.42 Å².